The minimum Gasteiger partial charge on any atom is -0.457 e. The number of hydrogen-bond acceptors (Lipinski definition) is 4. The maximum atomic E-state index is 6.74. The summed E-state index contributed by atoms with van der Waals surface area (Å²) in [7, 11) is 0. The summed E-state index contributed by atoms with van der Waals surface area (Å²) in [6.45, 7) is 2.07. The zero-order chi connectivity index (χ0) is 37.0. The second kappa shape index (κ2) is 15.0. The van der Waals surface area contributed by atoms with Crippen molar-refractivity contribution in [3.05, 3.63) is 218 Å². The number of para-hydroxylation sites is 4. The zero-order valence-electron chi connectivity index (χ0n) is 30.4. The average Bonchev–Trinajstić information content (AvgIpc) is 3.22. The van der Waals surface area contributed by atoms with E-state index in [2.05, 4.69) is 187 Å². The highest BCUT2D eigenvalue weighted by Crippen LogP contribution is 2.44. The summed E-state index contributed by atoms with van der Waals surface area (Å²) in [5.41, 5.74) is 7.34. The van der Waals surface area contributed by atoms with E-state index < -0.39 is 0 Å². The van der Waals surface area contributed by atoms with Crippen LogP contribution >= 0.6 is 0 Å². The molecule has 55 heavy (non-hydrogen) atoms. The summed E-state index contributed by atoms with van der Waals surface area (Å²) in [4.78, 5) is 4.57. The number of hydrogen-bond donors (Lipinski definition) is 0. The quantitative estimate of drug-likeness (QED) is 0.141. The Balaban J connectivity index is 1.10. The molecular formula is C51H38N2O2. The van der Waals surface area contributed by atoms with Crippen LogP contribution in [0.1, 0.15) is 5.56 Å². The summed E-state index contributed by atoms with van der Waals surface area (Å²) >= 11 is 0. The Bertz CT molecular complexity index is 2450. The Labute approximate surface area is 321 Å². The molecule has 0 spiro atoms. The summed E-state index contributed by atoms with van der Waals surface area (Å²) in [5.74, 6) is 2.85. The van der Waals surface area contributed by atoms with Crippen LogP contribution in [-0.4, -0.2) is 0 Å². The third kappa shape index (κ3) is 7.09. The number of anilines is 6. The van der Waals surface area contributed by atoms with E-state index >= 15 is 0 Å². The molecule has 0 unspecified atom stereocenters. The van der Waals surface area contributed by atoms with Crippen molar-refractivity contribution in [1.82, 2.24) is 0 Å². The molecule has 0 saturated heterocycles. The first-order chi connectivity index (χ1) is 27.2. The van der Waals surface area contributed by atoms with E-state index in [9.17, 15) is 0 Å². The van der Waals surface area contributed by atoms with E-state index in [0.717, 1.165) is 72.7 Å². The Morgan fingerprint density at radius 3 is 0.982 bits per heavy atom. The van der Waals surface area contributed by atoms with Crippen molar-refractivity contribution in [3.63, 3.8) is 0 Å². The molecule has 0 aliphatic heterocycles. The molecule has 0 atom stereocenters. The average molecular weight is 711 g/mol. The highest BCUT2D eigenvalue weighted by molar-refractivity contribution is 6.01. The predicted octanol–water partition coefficient (Wildman–Crippen LogP) is 14.8. The van der Waals surface area contributed by atoms with Crippen LogP contribution in [0.3, 0.4) is 0 Å². The van der Waals surface area contributed by atoms with Crippen LogP contribution in [0.5, 0.6) is 23.0 Å². The maximum absolute atomic E-state index is 6.74. The van der Waals surface area contributed by atoms with Gasteiger partial charge in [-0.05, 0) is 96.1 Å². The lowest BCUT2D eigenvalue weighted by Crippen LogP contribution is -2.10. The van der Waals surface area contributed by atoms with Gasteiger partial charge in [0.05, 0.1) is 11.4 Å². The zero-order valence-corrected chi connectivity index (χ0v) is 30.4. The molecule has 0 aromatic heterocycles. The fourth-order valence-electron chi connectivity index (χ4n) is 7.28. The van der Waals surface area contributed by atoms with Crippen LogP contribution in [-0.2, 0) is 0 Å². The van der Waals surface area contributed by atoms with Crippen molar-refractivity contribution in [2.45, 2.75) is 6.92 Å². The highest BCUT2D eigenvalue weighted by Gasteiger charge is 2.19. The SMILES string of the molecule is Cc1cc(Oc2cc(N(c3ccccc3)c3ccccc3)c3ccccc3c2)cc(Oc2cc(N(c3ccccc3)c3ccccc3)c3ccccc3c2)c1. The number of rotatable bonds is 10. The Morgan fingerprint density at radius 2 is 0.618 bits per heavy atom. The van der Waals surface area contributed by atoms with Gasteiger partial charge in [-0.2, -0.15) is 0 Å². The number of ether oxygens (including phenoxy) is 2. The molecule has 0 radical (unpaired) electrons. The molecule has 0 N–H and O–H groups in total. The first-order valence-electron chi connectivity index (χ1n) is 18.5. The molecule has 9 rings (SSSR count). The van der Waals surface area contributed by atoms with Crippen molar-refractivity contribution in [1.29, 1.82) is 0 Å². The molecule has 4 heteroatoms. The van der Waals surface area contributed by atoms with Crippen molar-refractivity contribution < 1.29 is 9.47 Å². The van der Waals surface area contributed by atoms with Gasteiger partial charge in [-0.15, -0.1) is 0 Å². The van der Waals surface area contributed by atoms with Crippen LogP contribution in [0.25, 0.3) is 21.5 Å². The van der Waals surface area contributed by atoms with Gasteiger partial charge in [0.1, 0.15) is 23.0 Å². The van der Waals surface area contributed by atoms with E-state index in [-0.39, 0.29) is 0 Å². The third-order valence-electron chi connectivity index (χ3n) is 9.66. The summed E-state index contributed by atoms with van der Waals surface area (Å²) < 4.78 is 13.5. The van der Waals surface area contributed by atoms with Gasteiger partial charge in [0.25, 0.3) is 0 Å². The molecule has 0 saturated carbocycles. The van der Waals surface area contributed by atoms with Crippen LogP contribution < -0.4 is 19.3 Å². The van der Waals surface area contributed by atoms with E-state index in [1.807, 2.05) is 42.5 Å². The van der Waals surface area contributed by atoms with Crippen LogP contribution in [0.4, 0.5) is 34.1 Å². The smallest absolute Gasteiger partial charge is 0.131 e. The van der Waals surface area contributed by atoms with E-state index in [4.69, 9.17) is 9.47 Å². The lowest BCUT2D eigenvalue weighted by molar-refractivity contribution is 0.460. The standard InChI is InChI=1S/C51H38N2O2/c1-37-30-44(54-46-32-38-18-14-16-28-48(38)50(35-46)52(40-20-6-2-7-21-40)41-22-8-3-9-23-41)34-45(31-37)55-47-33-39-19-15-17-29-49(39)51(36-47)53(42-24-10-4-11-25-42)43-26-12-5-13-27-43/h2-36H,1H3. The van der Waals surface area contributed by atoms with E-state index in [0.29, 0.717) is 11.5 Å². The number of fused-ring (bicyclic) bond motifs is 2. The molecule has 264 valence electrons. The van der Waals surface area contributed by atoms with Gasteiger partial charge in [-0.1, -0.05) is 121 Å². The molecule has 4 nitrogen and oxygen atoms in total. The van der Waals surface area contributed by atoms with E-state index in [1.54, 1.807) is 0 Å². The van der Waals surface area contributed by atoms with Gasteiger partial charge in [-0.25, -0.2) is 0 Å². The molecule has 0 aliphatic carbocycles. The molecule has 9 aromatic rings. The Morgan fingerprint density at radius 1 is 0.309 bits per heavy atom. The number of nitrogens with zero attached hydrogens (tertiary/aromatic N) is 2. The van der Waals surface area contributed by atoms with Gasteiger partial charge in [0.15, 0.2) is 0 Å². The van der Waals surface area contributed by atoms with Gasteiger partial charge >= 0.3 is 0 Å². The summed E-state index contributed by atoms with van der Waals surface area (Å²) in [5, 5.41) is 4.42. The summed E-state index contributed by atoms with van der Waals surface area (Å²) in [6.07, 6.45) is 0. The fraction of sp³-hybridized carbons (Fsp3) is 0.0196. The number of benzene rings is 9. The minimum absolute atomic E-state index is 0.693. The lowest BCUT2D eigenvalue weighted by atomic mass is 10.1. The molecular weight excluding hydrogens is 673 g/mol. The largest absolute Gasteiger partial charge is 0.457 e. The molecule has 0 fully saturated rings. The summed E-state index contributed by atoms with van der Waals surface area (Å²) in [6, 6.07) is 73.3. The van der Waals surface area contributed by atoms with Crippen molar-refractivity contribution in [2.24, 2.45) is 0 Å². The topological polar surface area (TPSA) is 24.9 Å². The molecule has 0 heterocycles. The van der Waals surface area contributed by atoms with Crippen LogP contribution in [0.15, 0.2) is 212 Å². The van der Waals surface area contributed by atoms with E-state index in [1.165, 1.54) is 0 Å². The number of aryl methyl sites for hydroxylation is 1. The Hall–Kier alpha value is -7.30. The van der Waals surface area contributed by atoms with Crippen molar-refractivity contribution >= 4 is 55.7 Å². The lowest BCUT2D eigenvalue weighted by Gasteiger charge is -2.27. The van der Waals surface area contributed by atoms with Crippen molar-refractivity contribution in [2.75, 3.05) is 9.80 Å². The van der Waals surface area contributed by atoms with Gasteiger partial charge < -0.3 is 19.3 Å². The molecule has 0 aliphatic rings. The molecule has 0 amide bonds. The molecule has 0 bridgehead atoms. The first kappa shape index (κ1) is 33.5. The fourth-order valence-corrected chi connectivity index (χ4v) is 7.28. The highest BCUT2D eigenvalue weighted by atomic mass is 16.5. The Kier molecular flexibility index (Phi) is 9.13. The predicted molar refractivity (Wildman–Crippen MR) is 229 cm³/mol. The molecule has 9 aromatic carbocycles. The van der Waals surface area contributed by atoms with Crippen molar-refractivity contribution in [3.8, 4) is 23.0 Å². The first-order valence-corrected chi connectivity index (χ1v) is 18.5. The van der Waals surface area contributed by atoms with Gasteiger partial charge in [0.2, 0.25) is 0 Å². The third-order valence-corrected chi connectivity index (χ3v) is 9.66. The van der Waals surface area contributed by atoms with Crippen LogP contribution in [0.2, 0.25) is 0 Å². The van der Waals surface area contributed by atoms with Crippen LogP contribution in [0, 0.1) is 6.92 Å². The maximum Gasteiger partial charge on any atom is 0.131 e. The second-order valence-corrected chi connectivity index (χ2v) is 13.5. The normalized spacial score (nSPS) is 11.0. The second-order valence-electron chi connectivity index (χ2n) is 13.5. The van der Waals surface area contributed by atoms with Gasteiger partial charge in [-0.3, -0.25) is 0 Å². The van der Waals surface area contributed by atoms with Gasteiger partial charge in [0, 0.05) is 51.7 Å². The minimum atomic E-state index is 0.693. The monoisotopic (exact) mass is 710 g/mol.